The molecule has 16 heteroatoms. The smallest absolute Gasteiger partial charge is 0.311 e. The molecule has 0 aromatic heterocycles. The van der Waals surface area contributed by atoms with E-state index in [2.05, 4.69) is 22.0 Å². The zero-order valence-corrected chi connectivity index (χ0v) is 39.2. The lowest BCUT2D eigenvalue weighted by Gasteiger charge is -2.50. The first kappa shape index (κ1) is 52.0. The first-order valence-electron chi connectivity index (χ1n) is 22.4. The van der Waals surface area contributed by atoms with Gasteiger partial charge in [-0.2, -0.15) is 0 Å². The summed E-state index contributed by atoms with van der Waals surface area (Å²) in [4.78, 5) is 32.9. The third-order valence-electron chi connectivity index (χ3n) is 14.2. The molecule has 0 saturated carbocycles. The van der Waals surface area contributed by atoms with E-state index in [1.165, 1.54) is 21.1 Å². The van der Waals surface area contributed by atoms with Crippen molar-refractivity contribution in [2.45, 2.75) is 179 Å². The molecule has 354 valence electrons. The minimum Gasteiger partial charge on any atom is -0.459 e. The van der Waals surface area contributed by atoms with E-state index in [4.69, 9.17) is 37.9 Å². The van der Waals surface area contributed by atoms with Crippen molar-refractivity contribution >= 4 is 11.8 Å². The molecular weight excluding hydrogens is 792 g/mol. The lowest BCUT2D eigenvalue weighted by atomic mass is 9.74. The van der Waals surface area contributed by atoms with Gasteiger partial charge in [0, 0.05) is 70.6 Å². The van der Waals surface area contributed by atoms with Crippen LogP contribution in [0.25, 0.3) is 0 Å². The van der Waals surface area contributed by atoms with Crippen molar-refractivity contribution in [3.8, 4) is 0 Å². The molecule has 4 aliphatic rings. The normalized spacial score (nSPS) is 45.5. The maximum atomic E-state index is 14.4. The fraction of sp³-hybridized carbons (Fsp3) is 0.911. The van der Waals surface area contributed by atoms with E-state index in [-0.39, 0.29) is 37.2 Å². The summed E-state index contributed by atoms with van der Waals surface area (Å²) in [5.74, 6) is -4.56. The fourth-order valence-corrected chi connectivity index (χ4v) is 9.89. The van der Waals surface area contributed by atoms with Gasteiger partial charge in [-0.05, 0) is 67.9 Å². The predicted octanol–water partition coefficient (Wildman–Crippen LogP) is 2.70. The second kappa shape index (κ2) is 22.0. The van der Waals surface area contributed by atoms with Gasteiger partial charge in [-0.1, -0.05) is 39.8 Å². The number of cyclic esters (lactones) is 1. The van der Waals surface area contributed by atoms with Gasteiger partial charge in [0.25, 0.3) is 0 Å². The zero-order valence-electron chi connectivity index (χ0n) is 39.2. The van der Waals surface area contributed by atoms with Crippen LogP contribution in [0.1, 0.15) is 94.9 Å². The Morgan fingerprint density at radius 1 is 0.869 bits per heavy atom. The van der Waals surface area contributed by atoms with Gasteiger partial charge in [-0.3, -0.25) is 19.4 Å². The number of morpholine rings is 1. The largest absolute Gasteiger partial charge is 0.459 e. The number of ketones is 1. The summed E-state index contributed by atoms with van der Waals surface area (Å²) in [5, 5.41) is 46.4. The van der Waals surface area contributed by atoms with Crippen molar-refractivity contribution in [1.82, 2.24) is 9.80 Å². The summed E-state index contributed by atoms with van der Waals surface area (Å²) in [7, 11) is 4.99. The van der Waals surface area contributed by atoms with Gasteiger partial charge in [-0.15, -0.1) is 0 Å². The van der Waals surface area contributed by atoms with Gasteiger partial charge in [0.2, 0.25) is 0 Å². The monoisotopic (exact) mass is 873 g/mol. The quantitative estimate of drug-likeness (QED) is 0.165. The fourth-order valence-electron chi connectivity index (χ4n) is 9.89. The maximum Gasteiger partial charge on any atom is 0.311 e. The number of esters is 1. The summed E-state index contributed by atoms with van der Waals surface area (Å²) >= 11 is 0. The van der Waals surface area contributed by atoms with Crippen molar-refractivity contribution in [2.24, 2.45) is 23.7 Å². The molecule has 4 fully saturated rings. The second-order valence-corrected chi connectivity index (χ2v) is 19.0. The molecule has 4 N–H and O–H groups in total. The molecule has 4 rings (SSSR count). The molecule has 4 aliphatic heterocycles. The number of hydrogen-bond donors (Lipinski definition) is 4. The van der Waals surface area contributed by atoms with E-state index in [0.717, 1.165) is 32.8 Å². The Hall–Kier alpha value is -1.64. The number of hydrogen-bond acceptors (Lipinski definition) is 16. The van der Waals surface area contributed by atoms with Gasteiger partial charge in [0.05, 0.1) is 60.9 Å². The van der Waals surface area contributed by atoms with Gasteiger partial charge in [0.1, 0.15) is 29.7 Å². The summed E-state index contributed by atoms with van der Waals surface area (Å²) in [6.07, 6.45) is -4.82. The van der Waals surface area contributed by atoms with Gasteiger partial charge in [-0.25, -0.2) is 0 Å². The molecule has 0 unspecified atom stereocenters. The summed E-state index contributed by atoms with van der Waals surface area (Å²) in [6, 6.07) is -0.345. The Labute approximate surface area is 364 Å². The number of methoxy groups -OCH3 is 2. The number of carbonyl (C=O) groups is 2. The first-order chi connectivity index (χ1) is 28.5. The predicted molar refractivity (Wildman–Crippen MR) is 226 cm³/mol. The van der Waals surface area contributed by atoms with E-state index in [1.54, 1.807) is 41.5 Å². The van der Waals surface area contributed by atoms with Crippen molar-refractivity contribution in [3.63, 3.8) is 0 Å². The summed E-state index contributed by atoms with van der Waals surface area (Å²) in [5.41, 5.74) is -4.31. The zero-order chi connectivity index (χ0) is 45.6. The highest BCUT2D eigenvalue weighted by Gasteiger charge is 2.54. The Morgan fingerprint density at radius 2 is 1.51 bits per heavy atom. The number of carbonyl (C=O) groups excluding carboxylic acids is 2. The summed E-state index contributed by atoms with van der Waals surface area (Å²) < 4.78 is 50.0. The Balaban J connectivity index is 1.76. The molecule has 0 bridgehead atoms. The molecule has 0 amide bonds. The van der Waals surface area contributed by atoms with Crippen LogP contribution in [-0.2, 0) is 47.5 Å². The number of nitrogens with zero attached hydrogens (tertiary/aromatic N) is 2. The minimum absolute atomic E-state index is 0.0971. The first-order valence-corrected chi connectivity index (χ1v) is 22.4. The molecule has 16 nitrogen and oxygen atoms in total. The van der Waals surface area contributed by atoms with Crippen LogP contribution in [0.5, 0.6) is 0 Å². The molecule has 0 spiro atoms. The SMILES string of the molecule is CC[C@H]1OC(=O)[C@H](C)[C@@H](O[C@H]2C[C@@](C)(OC)[C@@H](O)[C@H](C)O2)[C@H](C)[C@@H](O[C@@H]2O[C@H](C)C[C@H](N(C)C/C=C/CN3CCOCC3)[C@H]2O)[C@@](C)(OC)C[C@@H](C)C(=O)[C@H](C)[C@@H](O)[C@]1(C)O. The molecule has 61 heavy (non-hydrogen) atoms. The van der Waals surface area contributed by atoms with Gasteiger partial charge in [0.15, 0.2) is 12.6 Å². The van der Waals surface area contributed by atoms with Crippen molar-refractivity contribution in [2.75, 3.05) is 60.7 Å². The number of rotatable bonds is 12. The van der Waals surface area contributed by atoms with Crippen molar-refractivity contribution in [1.29, 1.82) is 0 Å². The number of aliphatic hydroxyl groups excluding tert-OH is 3. The van der Waals surface area contributed by atoms with E-state index >= 15 is 0 Å². The number of aliphatic hydroxyl groups is 4. The van der Waals surface area contributed by atoms with Gasteiger partial charge >= 0.3 is 5.97 Å². The number of ether oxygens (including phenoxy) is 8. The Morgan fingerprint density at radius 3 is 2.11 bits per heavy atom. The molecule has 18 atom stereocenters. The average molecular weight is 873 g/mol. The summed E-state index contributed by atoms with van der Waals surface area (Å²) in [6.45, 7) is 21.8. The van der Waals surface area contributed by atoms with E-state index in [1.807, 2.05) is 27.8 Å². The number of Topliss-reactive ketones (excluding diaryl/α,β-unsaturated/α-hetero) is 1. The average Bonchev–Trinajstić information content (AvgIpc) is 3.23. The molecule has 0 aromatic rings. The van der Waals surface area contributed by atoms with Crippen LogP contribution < -0.4 is 0 Å². The molecule has 0 aromatic carbocycles. The Bertz CT molecular complexity index is 1430. The maximum absolute atomic E-state index is 14.4. The highest BCUT2D eigenvalue weighted by molar-refractivity contribution is 5.83. The van der Waals surface area contributed by atoms with Crippen LogP contribution in [0, 0.1) is 23.7 Å². The molecule has 4 heterocycles. The lowest BCUT2D eigenvalue weighted by Crippen LogP contribution is -2.61. The standard InChI is InChI=1S/C45H80N2O14/c1-14-33-45(10,53)38(50)28(4)35(48)26(2)24-44(9,55-13)40(29(5)37(30(6)41(52)59-33)60-34-25-43(8,54-12)39(51)31(7)58-34)61-42-36(49)32(23-27(3)57-42)46(11)17-15-16-18-47-19-21-56-22-20-47/h15-16,26-34,36-40,42,49-51,53H,14,17-25H2,1-13H3/b16-15+/t26-,27-,28+,29+,30-,31+,32+,33-,34+,36-,37+,38-,39+,40-,42+,43-,44+,45-/m1/s1. The Kier molecular flexibility index (Phi) is 18.8. The van der Waals surface area contributed by atoms with Crippen LogP contribution in [-0.4, -0.2) is 187 Å². The van der Waals surface area contributed by atoms with Crippen LogP contribution in [0.3, 0.4) is 0 Å². The molecule has 4 saturated heterocycles. The minimum atomic E-state index is -1.98. The van der Waals surface area contributed by atoms with E-state index < -0.39 is 102 Å². The third kappa shape index (κ3) is 12.2. The second-order valence-electron chi connectivity index (χ2n) is 19.0. The molecule has 0 radical (unpaired) electrons. The highest BCUT2D eigenvalue weighted by Crippen LogP contribution is 2.42. The highest BCUT2D eigenvalue weighted by atomic mass is 16.7. The van der Waals surface area contributed by atoms with Crippen LogP contribution in [0.2, 0.25) is 0 Å². The van der Waals surface area contributed by atoms with Gasteiger partial charge < -0.3 is 58.3 Å². The lowest BCUT2D eigenvalue weighted by molar-refractivity contribution is -0.319. The van der Waals surface area contributed by atoms with Crippen LogP contribution in [0.15, 0.2) is 12.2 Å². The topological polar surface area (TPSA) is 195 Å². The van der Waals surface area contributed by atoms with E-state index in [9.17, 15) is 30.0 Å². The molecule has 0 aliphatic carbocycles. The number of likely N-dealkylation sites (N-methyl/N-ethyl adjacent to an activating group) is 1. The van der Waals surface area contributed by atoms with Crippen LogP contribution >= 0.6 is 0 Å². The van der Waals surface area contributed by atoms with Crippen molar-refractivity contribution < 1.29 is 67.9 Å². The van der Waals surface area contributed by atoms with Crippen molar-refractivity contribution in [3.05, 3.63) is 12.2 Å². The third-order valence-corrected chi connectivity index (χ3v) is 14.2. The molecular formula is C45H80N2O14. The van der Waals surface area contributed by atoms with Crippen LogP contribution in [0.4, 0.5) is 0 Å². The van der Waals surface area contributed by atoms with E-state index in [0.29, 0.717) is 13.0 Å².